The van der Waals surface area contributed by atoms with Crippen molar-refractivity contribution in [3.63, 3.8) is 0 Å². The molecule has 1 aromatic carbocycles. The van der Waals surface area contributed by atoms with Gasteiger partial charge in [0.15, 0.2) is 0 Å². The van der Waals surface area contributed by atoms with Gasteiger partial charge in [-0.1, -0.05) is 25.0 Å². The summed E-state index contributed by atoms with van der Waals surface area (Å²) >= 11 is 0. The molecule has 0 atom stereocenters. The molecule has 2 fully saturated rings. The number of aromatic carboxylic acids is 1. The van der Waals surface area contributed by atoms with E-state index in [1.54, 1.807) is 24.3 Å². The number of amides is 2. The summed E-state index contributed by atoms with van der Waals surface area (Å²) in [6.45, 7) is 3.90. The van der Waals surface area contributed by atoms with Gasteiger partial charge in [-0.05, 0) is 30.5 Å². The Morgan fingerprint density at radius 3 is 2.25 bits per heavy atom. The van der Waals surface area contributed by atoms with Crippen molar-refractivity contribution in [1.82, 2.24) is 15.1 Å². The number of carboxylic acid groups (broad SMARTS) is 1. The second-order valence-electron chi connectivity index (χ2n) is 6.62. The fraction of sp³-hybridized carbons (Fsp3) is 0.556. The quantitative estimate of drug-likeness (QED) is 0.887. The number of carbonyl (C=O) groups is 2. The number of piperazine rings is 1. The zero-order valence-electron chi connectivity index (χ0n) is 13.9. The second kappa shape index (κ2) is 7.66. The average molecular weight is 331 g/mol. The smallest absolute Gasteiger partial charge is 0.335 e. The summed E-state index contributed by atoms with van der Waals surface area (Å²) in [6.07, 6.45) is 5.29. The van der Waals surface area contributed by atoms with E-state index in [4.69, 9.17) is 5.11 Å². The molecule has 6 nitrogen and oxygen atoms in total. The van der Waals surface area contributed by atoms with Crippen molar-refractivity contribution in [3.05, 3.63) is 35.4 Å². The van der Waals surface area contributed by atoms with E-state index in [1.165, 1.54) is 25.7 Å². The van der Waals surface area contributed by atoms with Crippen LogP contribution < -0.4 is 5.32 Å². The van der Waals surface area contributed by atoms with Gasteiger partial charge in [0.1, 0.15) is 0 Å². The van der Waals surface area contributed by atoms with Crippen molar-refractivity contribution in [2.75, 3.05) is 26.2 Å². The van der Waals surface area contributed by atoms with Crippen LogP contribution >= 0.6 is 0 Å². The van der Waals surface area contributed by atoms with E-state index in [-0.39, 0.29) is 11.6 Å². The first-order valence-electron chi connectivity index (χ1n) is 8.72. The van der Waals surface area contributed by atoms with Gasteiger partial charge in [-0.15, -0.1) is 0 Å². The zero-order valence-corrected chi connectivity index (χ0v) is 13.9. The first-order chi connectivity index (χ1) is 11.6. The Morgan fingerprint density at radius 1 is 1.04 bits per heavy atom. The molecule has 1 aliphatic carbocycles. The van der Waals surface area contributed by atoms with Gasteiger partial charge in [-0.3, -0.25) is 4.90 Å². The molecule has 2 aliphatic rings. The summed E-state index contributed by atoms with van der Waals surface area (Å²) in [5.74, 6) is -0.939. The molecule has 3 rings (SSSR count). The first kappa shape index (κ1) is 16.8. The van der Waals surface area contributed by atoms with Gasteiger partial charge in [0.05, 0.1) is 5.56 Å². The van der Waals surface area contributed by atoms with Gasteiger partial charge in [-0.25, -0.2) is 9.59 Å². The second-order valence-corrected chi connectivity index (χ2v) is 6.62. The fourth-order valence-electron chi connectivity index (χ4n) is 3.61. The predicted octanol–water partition coefficient (Wildman–Crippen LogP) is 2.15. The van der Waals surface area contributed by atoms with E-state index in [0.29, 0.717) is 6.54 Å². The Kier molecular flexibility index (Phi) is 5.35. The van der Waals surface area contributed by atoms with Crippen LogP contribution in [0.15, 0.2) is 24.3 Å². The lowest BCUT2D eigenvalue weighted by atomic mass is 10.1. The molecular weight excluding hydrogens is 306 g/mol. The van der Waals surface area contributed by atoms with Crippen LogP contribution in [0, 0.1) is 0 Å². The average Bonchev–Trinajstić information content (AvgIpc) is 3.15. The van der Waals surface area contributed by atoms with Crippen LogP contribution in [0.5, 0.6) is 0 Å². The van der Waals surface area contributed by atoms with E-state index < -0.39 is 5.97 Å². The van der Waals surface area contributed by atoms with Crippen molar-refractivity contribution in [3.8, 4) is 0 Å². The van der Waals surface area contributed by atoms with E-state index in [9.17, 15) is 9.59 Å². The molecule has 0 bridgehead atoms. The Balaban J connectivity index is 1.43. The molecule has 1 saturated carbocycles. The lowest BCUT2D eigenvalue weighted by Crippen LogP contribution is -2.53. The van der Waals surface area contributed by atoms with Gasteiger partial charge in [0, 0.05) is 38.8 Å². The SMILES string of the molecule is O=C(O)c1ccc(CNC(=O)N2CCN(C3CCCC3)CC2)cc1. The molecule has 2 amide bonds. The number of hydrogen-bond donors (Lipinski definition) is 2. The maximum Gasteiger partial charge on any atom is 0.335 e. The molecule has 24 heavy (non-hydrogen) atoms. The van der Waals surface area contributed by atoms with Crippen LogP contribution in [0.4, 0.5) is 4.79 Å². The van der Waals surface area contributed by atoms with Crippen LogP contribution in [-0.2, 0) is 6.54 Å². The lowest BCUT2D eigenvalue weighted by Gasteiger charge is -2.38. The van der Waals surface area contributed by atoms with Crippen LogP contribution in [0.25, 0.3) is 0 Å². The minimum Gasteiger partial charge on any atom is -0.478 e. The Bertz CT molecular complexity index is 574. The monoisotopic (exact) mass is 331 g/mol. The van der Waals surface area contributed by atoms with Gasteiger partial charge in [-0.2, -0.15) is 0 Å². The van der Waals surface area contributed by atoms with Crippen molar-refractivity contribution >= 4 is 12.0 Å². The number of hydrogen-bond acceptors (Lipinski definition) is 3. The standard InChI is InChI=1S/C18H25N3O3/c22-17(23)15-7-5-14(6-8-15)13-19-18(24)21-11-9-20(10-12-21)16-3-1-2-4-16/h5-8,16H,1-4,9-13H2,(H,19,24)(H,22,23). The molecule has 6 heteroatoms. The van der Waals surface area contributed by atoms with Gasteiger partial charge in [0.25, 0.3) is 0 Å². The third-order valence-electron chi connectivity index (χ3n) is 5.09. The number of urea groups is 1. The molecule has 0 aromatic heterocycles. The maximum atomic E-state index is 12.3. The summed E-state index contributed by atoms with van der Waals surface area (Å²) in [4.78, 5) is 27.5. The van der Waals surface area contributed by atoms with Crippen LogP contribution in [0.3, 0.4) is 0 Å². The normalized spacial score (nSPS) is 19.4. The van der Waals surface area contributed by atoms with Gasteiger partial charge < -0.3 is 15.3 Å². The Hall–Kier alpha value is -2.08. The van der Waals surface area contributed by atoms with E-state index in [2.05, 4.69) is 10.2 Å². The number of carboxylic acids is 1. The highest BCUT2D eigenvalue weighted by Crippen LogP contribution is 2.24. The molecule has 0 radical (unpaired) electrons. The molecule has 1 aliphatic heterocycles. The molecular formula is C18H25N3O3. The predicted molar refractivity (Wildman–Crippen MR) is 91.0 cm³/mol. The van der Waals surface area contributed by atoms with Crippen molar-refractivity contribution < 1.29 is 14.7 Å². The van der Waals surface area contributed by atoms with Gasteiger partial charge in [0.2, 0.25) is 0 Å². The van der Waals surface area contributed by atoms with Crippen molar-refractivity contribution in [2.24, 2.45) is 0 Å². The highest BCUT2D eigenvalue weighted by atomic mass is 16.4. The molecule has 0 spiro atoms. The lowest BCUT2D eigenvalue weighted by molar-refractivity contribution is 0.0697. The van der Waals surface area contributed by atoms with Crippen LogP contribution in [-0.4, -0.2) is 59.1 Å². The summed E-state index contributed by atoms with van der Waals surface area (Å²) in [5, 5.41) is 11.8. The largest absolute Gasteiger partial charge is 0.478 e. The van der Waals surface area contributed by atoms with Gasteiger partial charge >= 0.3 is 12.0 Å². The summed E-state index contributed by atoms with van der Waals surface area (Å²) in [6, 6.07) is 7.28. The van der Waals surface area contributed by atoms with Crippen molar-refractivity contribution in [1.29, 1.82) is 0 Å². The summed E-state index contributed by atoms with van der Waals surface area (Å²) < 4.78 is 0. The first-order valence-corrected chi connectivity index (χ1v) is 8.72. The zero-order chi connectivity index (χ0) is 16.9. The highest BCUT2D eigenvalue weighted by molar-refractivity contribution is 5.87. The number of benzene rings is 1. The molecule has 130 valence electrons. The maximum absolute atomic E-state index is 12.3. The molecule has 2 N–H and O–H groups in total. The topological polar surface area (TPSA) is 72.9 Å². The molecule has 1 heterocycles. The summed E-state index contributed by atoms with van der Waals surface area (Å²) in [7, 11) is 0. The number of carbonyl (C=O) groups excluding carboxylic acids is 1. The highest BCUT2D eigenvalue weighted by Gasteiger charge is 2.27. The minimum absolute atomic E-state index is 0.0385. The number of rotatable bonds is 4. The fourth-order valence-corrected chi connectivity index (χ4v) is 3.61. The van der Waals surface area contributed by atoms with Crippen LogP contribution in [0.1, 0.15) is 41.6 Å². The Morgan fingerprint density at radius 2 is 1.67 bits per heavy atom. The molecule has 1 saturated heterocycles. The van der Waals surface area contributed by atoms with E-state index >= 15 is 0 Å². The third-order valence-corrected chi connectivity index (χ3v) is 5.09. The number of nitrogens with zero attached hydrogens (tertiary/aromatic N) is 2. The summed E-state index contributed by atoms with van der Waals surface area (Å²) in [5.41, 5.74) is 1.16. The van der Waals surface area contributed by atoms with E-state index in [0.717, 1.165) is 37.8 Å². The molecule has 1 aromatic rings. The van der Waals surface area contributed by atoms with Crippen LogP contribution in [0.2, 0.25) is 0 Å². The minimum atomic E-state index is -0.939. The third kappa shape index (κ3) is 4.06. The Labute approximate surface area is 142 Å². The van der Waals surface area contributed by atoms with Crippen molar-refractivity contribution in [2.45, 2.75) is 38.3 Å². The number of nitrogens with one attached hydrogen (secondary N) is 1. The van der Waals surface area contributed by atoms with E-state index in [1.807, 2.05) is 4.90 Å². The molecule has 0 unspecified atom stereocenters.